The highest BCUT2D eigenvalue weighted by Crippen LogP contribution is 2.34. The van der Waals surface area contributed by atoms with E-state index in [4.69, 9.17) is 0 Å². The summed E-state index contributed by atoms with van der Waals surface area (Å²) in [4.78, 5) is 0. The van der Waals surface area contributed by atoms with Gasteiger partial charge in [0.2, 0.25) is 0 Å². The lowest BCUT2D eigenvalue weighted by molar-refractivity contribution is 1.10. The summed E-state index contributed by atoms with van der Waals surface area (Å²) in [6, 6.07) is 0. The van der Waals surface area contributed by atoms with Crippen molar-refractivity contribution >= 4 is 0 Å². The highest BCUT2D eigenvalue weighted by atomic mass is 14.2. The van der Waals surface area contributed by atoms with E-state index in [0.717, 1.165) is 12.8 Å². The van der Waals surface area contributed by atoms with Gasteiger partial charge in [0.15, 0.2) is 0 Å². The molecule has 0 spiro atoms. The fourth-order valence-corrected chi connectivity index (χ4v) is 2.15. The van der Waals surface area contributed by atoms with Gasteiger partial charge in [-0.2, -0.15) is 0 Å². The van der Waals surface area contributed by atoms with E-state index >= 15 is 0 Å². The lowest BCUT2D eigenvalue weighted by Gasteiger charge is -2.09. The average molecular weight is 172 g/mol. The van der Waals surface area contributed by atoms with Crippen LogP contribution in [0.5, 0.6) is 0 Å². The molecule has 0 saturated heterocycles. The van der Waals surface area contributed by atoms with Crippen molar-refractivity contribution in [1.29, 1.82) is 0 Å². The molecule has 0 bridgehead atoms. The van der Waals surface area contributed by atoms with Crippen molar-refractivity contribution in [2.75, 3.05) is 0 Å². The molecule has 0 aromatic carbocycles. The predicted molar refractivity (Wildman–Crippen MR) is 57.5 cm³/mol. The summed E-state index contributed by atoms with van der Waals surface area (Å²) in [7, 11) is 0. The fraction of sp³-hybridized carbons (Fsp3) is 0.385. The van der Waals surface area contributed by atoms with E-state index in [1.807, 2.05) is 0 Å². The fourth-order valence-electron chi connectivity index (χ4n) is 2.15. The maximum Gasteiger partial charge on any atom is -0.00857 e. The smallest absolute Gasteiger partial charge is 0.00857 e. The summed E-state index contributed by atoms with van der Waals surface area (Å²) in [5, 5.41) is 0. The van der Waals surface area contributed by atoms with E-state index in [1.165, 1.54) is 23.1 Å². The second kappa shape index (κ2) is 3.37. The van der Waals surface area contributed by atoms with Crippen LogP contribution in [0.1, 0.15) is 33.1 Å². The van der Waals surface area contributed by atoms with Gasteiger partial charge >= 0.3 is 0 Å². The molecule has 0 fully saturated rings. The molecule has 0 aromatic heterocycles. The first-order valence-corrected chi connectivity index (χ1v) is 5.09. The minimum absolute atomic E-state index is 1.13. The van der Waals surface area contributed by atoms with Crippen molar-refractivity contribution in [2.45, 2.75) is 33.1 Å². The molecule has 2 aliphatic rings. The Bertz CT molecular complexity index is 335. The molecule has 2 rings (SSSR count). The van der Waals surface area contributed by atoms with Crippen LogP contribution in [0.25, 0.3) is 0 Å². The molecular formula is C13H16. The van der Waals surface area contributed by atoms with Gasteiger partial charge in [0.25, 0.3) is 0 Å². The summed E-state index contributed by atoms with van der Waals surface area (Å²) in [5.74, 6) is 0. The molecule has 13 heavy (non-hydrogen) atoms. The van der Waals surface area contributed by atoms with Crippen LogP contribution in [-0.2, 0) is 0 Å². The molecule has 68 valence electrons. The summed E-state index contributed by atoms with van der Waals surface area (Å²) in [6.07, 6.45) is 12.7. The first-order chi connectivity index (χ1) is 6.33. The van der Waals surface area contributed by atoms with Gasteiger partial charge in [-0.05, 0) is 48.5 Å². The van der Waals surface area contributed by atoms with Gasteiger partial charge in [-0.3, -0.25) is 0 Å². The van der Waals surface area contributed by atoms with Crippen molar-refractivity contribution in [1.82, 2.24) is 0 Å². The first kappa shape index (κ1) is 8.55. The molecule has 0 atom stereocenters. The maximum atomic E-state index is 2.37. The minimum atomic E-state index is 1.13. The van der Waals surface area contributed by atoms with E-state index in [0.29, 0.717) is 0 Å². The summed E-state index contributed by atoms with van der Waals surface area (Å²) in [6.45, 7) is 4.45. The molecule has 2 aliphatic carbocycles. The normalized spacial score (nSPS) is 21.1. The van der Waals surface area contributed by atoms with Crippen LogP contribution >= 0.6 is 0 Å². The Balaban J connectivity index is 2.29. The first-order valence-electron chi connectivity index (χ1n) is 5.09. The Labute approximate surface area is 80.3 Å². The Morgan fingerprint density at radius 2 is 2.15 bits per heavy atom. The molecule has 0 unspecified atom stereocenters. The van der Waals surface area contributed by atoms with Crippen LogP contribution in [-0.4, -0.2) is 0 Å². The summed E-state index contributed by atoms with van der Waals surface area (Å²) < 4.78 is 0. The number of rotatable bonds is 2. The van der Waals surface area contributed by atoms with Gasteiger partial charge < -0.3 is 0 Å². The zero-order valence-corrected chi connectivity index (χ0v) is 8.43. The lowest BCUT2D eigenvalue weighted by atomic mass is 9.96. The van der Waals surface area contributed by atoms with E-state index in [2.05, 4.69) is 38.2 Å². The standard InChI is InChI=1S/C13H16/c1-3-11-7-5-9-13(11)12-8-4-6-10(12)2/h4,6-7,9H,3,5,8H2,1-2H3. The summed E-state index contributed by atoms with van der Waals surface area (Å²) >= 11 is 0. The van der Waals surface area contributed by atoms with Crippen LogP contribution in [0.2, 0.25) is 0 Å². The Morgan fingerprint density at radius 3 is 2.77 bits per heavy atom. The Morgan fingerprint density at radius 1 is 1.31 bits per heavy atom. The van der Waals surface area contributed by atoms with Crippen LogP contribution in [0.3, 0.4) is 0 Å². The van der Waals surface area contributed by atoms with Gasteiger partial charge in [0, 0.05) is 0 Å². The van der Waals surface area contributed by atoms with Crippen molar-refractivity contribution in [3.63, 3.8) is 0 Å². The van der Waals surface area contributed by atoms with Crippen molar-refractivity contribution < 1.29 is 0 Å². The van der Waals surface area contributed by atoms with E-state index in [1.54, 1.807) is 5.57 Å². The molecule has 0 nitrogen and oxygen atoms in total. The number of hydrogen-bond donors (Lipinski definition) is 0. The monoisotopic (exact) mass is 172 g/mol. The predicted octanol–water partition coefficient (Wildman–Crippen LogP) is 3.93. The molecule has 0 saturated carbocycles. The largest absolute Gasteiger partial charge is 0.0798 e. The van der Waals surface area contributed by atoms with Crippen molar-refractivity contribution in [3.05, 3.63) is 46.6 Å². The zero-order chi connectivity index (χ0) is 9.26. The van der Waals surface area contributed by atoms with Gasteiger partial charge in [0.05, 0.1) is 0 Å². The molecule has 0 aromatic rings. The van der Waals surface area contributed by atoms with Crippen LogP contribution in [0.15, 0.2) is 46.6 Å². The van der Waals surface area contributed by atoms with Crippen LogP contribution in [0, 0.1) is 0 Å². The second-order valence-corrected chi connectivity index (χ2v) is 3.70. The highest BCUT2D eigenvalue weighted by Gasteiger charge is 2.15. The lowest BCUT2D eigenvalue weighted by Crippen LogP contribution is -1.90. The van der Waals surface area contributed by atoms with Crippen molar-refractivity contribution in [2.24, 2.45) is 0 Å². The number of allylic oxidation sites excluding steroid dienone is 8. The van der Waals surface area contributed by atoms with E-state index < -0.39 is 0 Å². The Kier molecular flexibility index (Phi) is 2.22. The highest BCUT2D eigenvalue weighted by molar-refractivity contribution is 5.56. The maximum absolute atomic E-state index is 2.37. The van der Waals surface area contributed by atoms with Gasteiger partial charge in [0.1, 0.15) is 0 Å². The third-order valence-electron chi connectivity index (χ3n) is 2.90. The molecule has 0 radical (unpaired) electrons. The molecular weight excluding hydrogens is 156 g/mol. The number of hydrogen-bond acceptors (Lipinski definition) is 0. The molecule has 0 N–H and O–H groups in total. The van der Waals surface area contributed by atoms with Gasteiger partial charge in [-0.1, -0.05) is 31.2 Å². The summed E-state index contributed by atoms with van der Waals surface area (Å²) in [5.41, 5.74) is 6.06. The third-order valence-corrected chi connectivity index (χ3v) is 2.90. The SMILES string of the molecule is CCC1=CCC=C1C1=C(C)C=CC1. The zero-order valence-electron chi connectivity index (χ0n) is 8.43. The van der Waals surface area contributed by atoms with Gasteiger partial charge in [-0.15, -0.1) is 0 Å². The average Bonchev–Trinajstić information content (AvgIpc) is 2.71. The molecule has 0 heterocycles. The van der Waals surface area contributed by atoms with E-state index in [9.17, 15) is 0 Å². The third kappa shape index (κ3) is 1.41. The second-order valence-electron chi connectivity index (χ2n) is 3.70. The minimum Gasteiger partial charge on any atom is -0.0798 e. The van der Waals surface area contributed by atoms with Crippen molar-refractivity contribution in [3.8, 4) is 0 Å². The van der Waals surface area contributed by atoms with Crippen LogP contribution < -0.4 is 0 Å². The van der Waals surface area contributed by atoms with E-state index in [-0.39, 0.29) is 0 Å². The topological polar surface area (TPSA) is 0 Å². The quantitative estimate of drug-likeness (QED) is 0.592. The molecule has 0 aliphatic heterocycles. The molecule has 0 heteroatoms. The Hall–Kier alpha value is -1.04. The van der Waals surface area contributed by atoms with Gasteiger partial charge in [-0.25, -0.2) is 0 Å². The van der Waals surface area contributed by atoms with Crippen LogP contribution in [0.4, 0.5) is 0 Å². The molecule has 0 amide bonds.